The molecule has 39 heavy (non-hydrogen) atoms. The van der Waals surface area contributed by atoms with Crippen molar-refractivity contribution in [2.24, 2.45) is 4.99 Å². The van der Waals surface area contributed by atoms with Crippen molar-refractivity contribution in [3.8, 4) is 11.8 Å². The molecular weight excluding hydrogens is 538 g/mol. The Morgan fingerprint density at radius 3 is 2.33 bits per heavy atom. The molecular formula is C27H21N5O5S2. The standard InChI is InChI=1S/C27H21N5O5S2/c28-14-19-1-3-21(4-2-19)17-37-23-11-7-18(8-12-23)13-24-26(34)30-27(38-24)29-22-9-5-20(6-10-22)15-32-16-25(33)31-39(32,35)36/h1-13H,15-17H2,(H,31,33)(H,29,30,34)/b24-13+. The molecule has 0 unspecified atom stereocenters. The average molecular weight is 560 g/mol. The molecule has 0 aromatic heterocycles. The highest BCUT2D eigenvalue weighted by Gasteiger charge is 2.33. The number of amides is 2. The Morgan fingerprint density at radius 2 is 1.69 bits per heavy atom. The van der Waals surface area contributed by atoms with Crippen LogP contribution in [-0.4, -0.2) is 36.2 Å². The highest BCUT2D eigenvalue weighted by Crippen LogP contribution is 2.29. The smallest absolute Gasteiger partial charge is 0.304 e. The number of nitrogens with one attached hydrogen (secondary N) is 2. The van der Waals surface area contributed by atoms with Crippen LogP contribution in [0.15, 0.2) is 82.7 Å². The third-order valence-corrected chi connectivity index (χ3v) is 8.08. The van der Waals surface area contributed by atoms with E-state index in [0.29, 0.717) is 39.2 Å². The van der Waals surface area contributed by atoms with Crippen molar-refractivity contribution >= 4 is 50.7 Å². The van der Waals surface area contributed by atoms with Crippen LogP contribution < -0.4 is 14.8 Å². The summed E-state index contributed by atoms with van der Waals surface area (Å²) in [6, 6.07) is 23.5. The Hall–Kier alpha value is -4.44. The number of aliphatic imine (C=N–C) groups is 1. The summed E-state index contributed by atoms with van der Waals surface area (Å²) in [5.74, 6) is -0.131. The summed E-state index contributed by atoms with van der Waals surface area (Å²) in [7, 11) is -3.79. The number of carbonyl (C=O) groups is 2. The Bertz CT molecular complexity index is 1630. The van der Waals surface area contributed by atoms with Crippen LogP contribution in [-0.2, 0) is 33.0 Å². The lowest BCUT2D eigenvalue weighted by Crippen LogP contribution is -2.29. The molecule has 0 saturated carbocycles. The van der Waals surface area contributed by atoms with Crippen LogP contribution >= 0.6 is 11.8 Å². The van der Waals surface area contributed by atoms with Crippen molar-refractivity contribution in [1.29, 1.82) is 5.26 Å². The van der Waals surface area contributed by atoms with Gasteiger partial charge in [0.05, 0.1) is 28.8 Å². The molecule has 0 atom stereocenters. The monoisotopic (exact) mass is 559 g/mol. The number of thioether (sulfide) groups is 1. The first kappa shape index (κ1) is 26.2. The summed E-state index contributed by atoms with van der Waals surface area (Å²) in [4.78, 5) is 28.8. The normalized spacial score (nSPS) is 18.6. The van der Waals surface area contributed by atoms with Gasteiger partial charge in [-0.2, -0.15) is 18.0 Å². The molecule has 12 heteroatoms. The van der Waals surface area contributed by atoms with E-state index in [0.717, 1.165) is 15.4 Å². The molecule has 2 N–H and O–H groups in total. The molecule has 5 rings (SSSR count). The molecule has 2 heterocycles. The van der Waals surface area contributed by atoms with Gasteiger partial charge in [-0.1, -0.05) is 36.4 Å². The Balaban J connectivity index is 1.18. The van der Waals surface area contributed by atoms with Crippen molar-refractivity contribution in [3.63, 3.8) is 0 Å². The number of hydrogen-bond acceptors (Lipinski definition) is 8. The minimum atomic E-state index is -3.79. The van der Waals surface area contributed by atoms with Gasteiger partial charge in [-0.05, 0) is 70.9 Å². The number of hydrogen-bond donors (Lipinski definition) is 2. The Morgan fingerprint density at radius 1 is 1.00 bits per heavy atom. The van der Waals surface area contributed by atoms with Gasteiger partial charge in [0.25, 0.3) is 5.91 Å². The molecule has 2 aliphatic heterocycles. The second-order valence-electron chi connectivity index (χ2n) is 8.61. The van der Waals surface area contributed by atoms with Gasteiger partial charge < -0.3 is 10.1 Å². The largest absolute Gasteiger partial charge is 0.489 e. The van der Waals surface area contributed by atoms with Gasteiger partial charge in [-0.3, -0.25) is 9.59 Å². The molecule has 0 aliphatic carbocycles. The summed E-state index contributed by atoms with van der Waals surface area (Å²) in [6.45, 7) is 0.230. The van der Waals surface area contributed by atoms with Crippen LogP contribution in [0.2, 0.25) is 0 Å². The zero-order valence-electron chi connectivity index (χ0n) is 20.3. The SMILES string of the molecule is N#Cc1ccc(COc2ccc(/C=C3/SC(=Nc4ccc(CN5CC(=O)NS5(=O)=O)cc4)NC3=O)cc2)cc1. The van der Waals surface area contributed by atoms with E-state index in [9.17, 15) is 18.0 Å². The van der Waals surface area contributed by atoms with Gasteiger partial charge in [0.2, 0.25) is 5.91 Å². The molecule has 2 fully saturated rings. The number of benzene rings is 3. The van der Waals surface area contributed by atoms with Gasteiger partial charge in [0.1, 0.15) is 12.4 Å². The van der Waals surface area contributed by atoms with E-state index in [1.54, 1.807) is 42.5 Å². The molecule has 0 bridgehead atoms. The van der Waals surface area contributed by atoms with Crippen LogP contribution in [0.1, 0.15) is 22.3 Å². The summed E-state index contributed by atoms with van der Waals surface area (Å²) >= 11 is 1.22. The Kier molecular flexibility index (Phi) is 7.47. The number of amidine groups is 1. The maximum atomic E-state index is 12.5. The highest BCUT2D eigenvalue weighted by atomic mass is 32.2. The number of carbonyl (C=O) groups excluding carboxylic acids is 2. The zero-order valence-corrected chi connectivity index (χ0v) is 22.0. The molecule has 0 spiro atoms. The predicted molar refractivity (Wildman–Crippen MR) is 147 cm³/mol. The molecule has 196 valence electrons. The predicted octanol–water partition coefficient (Wildman–Crippen LogP) is 3.21. The third-order valence-electron chi connectivity index (χ3n) is 5.75. The zero-order chi connectivity index (χ0) is 27.4. The molecule has 10 nitrogen and oxygen atoms in total. The maximum absolute atomic E-state index is 12.5. The van der Waals surface area contributed by atoms with Crippen molar-refractivity contribution in [2.75, 3.05) is 6.54 Å². The topological polar surface area (TPSA) is 141 Å². The summed E-state index contributed by atoms with van der Waals surface area (Å²) in [5, 5.41) is 12.1. The van der Waals surface area contributed by atoms with Crippen LogP contribution in [0.5, 0.6) is 5.75 Å². The van der Waals surface area contributed by atoms with E-state index in [1.807, 2.05) is 41.1 Å². The fraction of sp³-hybridized carbons (Fsp3) is 0.111. The van der Waals surface area contributed by atoms with Crippen molar-refractivity contribution < 1.29 is 22.7 Å². The highest BCUT2D eigenvalue weighted by molar-refractivity contribution is 8.18. The molecule has 3 aromatic carbocycles. The van der Waals surface area contributed by atoms with Crippen molar-refractivity contribution in [2.45, 2.75) is 13.2 Å². The van der Waals surface area contributed by atoms with E-state index >= 15 is 0 Å². The number of rotatable bonds is 7. The van der Waals surface area contributed by atoms with Gasteiger partial charge in [0, 0.05) is 6.54 Å². The van der Waals surface area contributed by atoms with Gasteiger partial charge in [0.15, 0.2) is 5.17 Å². The summed E-state index contributed by atoms with van der Waals surface area (Å²) < 4.78 is 32.6. The van der Waals surface area contributed by atoms with Crippen molar-refractivity contribution in [1.82, 2.24) is 14.3 Å². The number of ether oxygens (including phenoxy) is 1. The quantitative estimate of drug-likeness (QED) is 0.424. The fourth-order valence-electron chi connectivity index (χ4n) is 3.76. The third kappa shape index (κ3) is 6.53. The van der Waals surface area contributed by atoms with E-state index in [2.05, 4.69) is 16.4 Å². The Labute approximate surface area is 229 Å². The number of nitriles is 1. The number of nitrogens with zero attached hydrogens (tertiary/aromatic N) is 3. The minimum absolute atomic E-state index is 0.0650. The van der Waals surface area contributed by atoms with Crippen LogP contribution in [0.25, 0.3) is 6.08 Å². The van der Waals surface area contributed by atoms with E-state index in [4.69, 9.17) is 10.00 Å². The van der Waals surface area contributed by atoms with Crippen molar-refractivity contribution in [3.05, 3.63) is 100.0 Å². The van der Waals surface area contributed by atoms with E-state index in [1.165, 1.54) is 11.8 Å². The van der Waals surface area contributed by atoms with Crippen LogP contribution in [0.4, 0.5) is 5.69 Å². The van der Waals surface area contributed by atoms with E-state index in [-0.39, 0.29) is 19.0 Å². The van der Waals surface area contributed by atoms with Crippen LogP contribution in [0, 0.1) is 11.3 Å². The molecule has 2 saturated heterocycles. The molecule has 2 amide bonds. The van der Waals surface area contributed by atoms with Gasteiger partial charge in [-0.25, -0.2) is 9.71 Å². The van der Waals surface area contributed by atoms with Gasteiger partial charge in [-0.15, -0.1) is 0 Å². The second kappa shape index (κ2) is 11.1. The van der Waals surface area contributed by atoms with E-state index < -0.39 is 16.1 Å². The lowest BCUT2D eigenvalue weighted by Gasteiger charge is -2.12. The lowest BCUT2D eigenvalue weighted by molar-refractivity contribution is -0.118. The van der Waals surface area contributed by atoms with Crippen LogP contribution in [0.3, 0.4) is 0 Å². The molecule has 3 aromatic rings. The molecule has 2 aliphatic rings. The summed E-state index contributed by atoms with van der Waals surface area (Å²) in [6.07, 6.45) is 1.77. The second-order valence-corrected chi connectivity index (χ2v) is 11.3. The first-order valence-corrected chi connectivity index (χ1v) is 13.9. The summed E-state index contributed by atoms with van der Waals surface area (Å²) in [5.41, 5.74) is 3.67. The first-order chi connectivity index (χ1) is 18.8. The molecule has 0 radical (unpaired) electrons. The van der Waals surface area contributed by atoms with Gasteiger partial charge >= 0.3 is 10.2 Å². The maximum Gasteiger partial charge on any atom is 0.304 e. The first-order valence-electron chi connectivity index (χ1n) is 11.7. The lowest BCUT2D eigenvalue weighted by atomic mass is 10.1. The minimum Gasteiger partial charge on any atom is -0.489 e. The fourth-order valence-corrected chi connectivity index (χ4v) is 5.69. The average Bonchev–Trinajstić information content (AvgIpc) is 3.40.